The molecule has 1 aromatic heterocycles. The quantitative estimate of drug-likeness (QED) is 0.795. The van der Waals surface area contributed by atoms with Crippen LogP contribution in [-0.4, -0.2) is 40.8 Å². The molecule has 108 valence electrons. The van der Waals surface area contributed by atoms with Crippen LogP contribution in [0.2, 0.25) is 10.3 Å². The highest BCUT2D eigenvalue weighted by Crippen LogP contribution is 2.22. The van der Waals surface area contributed by atoms with Gasteiger partial charge in [-0.1, -0.05) is 37.0 Å². The van der Waals surface area contributed by atoms with Gasteiger partial charge in [0, 0.05) is 12.1 Å². The Balaban J connectivity index is 2.38. The molecule has 0 saturated carbocycles. The molecule has 1 rings (SSSR count). The summed E-state index contributed by atoms with van der Waals surface area (Å²) in [5.41, 5.74) is 0.747. The van der Waals surface area contributed by atoms with Crippen molar-refractivity contribution in [3.8, 4) is 0 Å². The van der Waals surface area contributed by atoms with E-state index in [2.05, 4.69) is 41.2 Å². The van der Waals surface area contributed by atoms with Crippen molar-refractivity contribution in [1.82, 2.24) is 15.1 Å². The molecule has 0 amide bonds. The molecule has 4 nitrogen and oxygen atoms in total. The van der Waals surface area contributed by atoms with E-state index < -0.39 is 0 Å². The van der Waals surface area contributed by atoms with Crippen LogP contribution < -0.4 is 5.32 Å². The van der Waals surface area contributed by atoms with Gasteiger partial charge in [0.05, 0.1) is 5.69 Å². The van der Waals surface area contributed by atoms with Gasteiger partial charge in [0.1, 0.15) is 0 Å². The molecule has 0 fully saturated rings. The van der Waals surface area contributed by atoms with Crippen LogP contribution in [0.1, 0.15) is 33.6 Å². The number of aromatic nitrogens is 2. The molecule has 0 saturated heterocycles. The fourth-order valence-corrected chi connectivity index (χ4v) is 2.25. The van der Waals surface area contributed by atoms with Gasteiger partial charge in [0.25, 0.3) is 0 Å². The first-order chi connectivity index (χ1) is 9.06. The Kier molecular flexibility index (Phi) is 7.42. The van der Waals surface area contributed by atoms with E-state index in [0.29, 0.717) is 16.3 Å². The molecule has 0 spiro atoms. The molecule has 1 N–H and O–H groups in total. The van der Waals surface area contributed by atoms with Gasteiger partial charge in [-0.15, -0.1) is 10.2 Å². The molecule has 0 radical (unpaired) electrons. The monoisotopic (exact) mass is 304 g/mol. The molecular weight excluding hydrogens is 283 g/mol. The number of hydrogen-bond acceptors (Lipinski definition) is 4. The number of nitrogens with zero attached hydrogens (tertiary/aromatic N) is 3. The van der Waals surface area contributed by atoms with Crippen LogP contribution >= 0.6 is 23.2 Å². The molecule has 0 bridgehead atoms. The Morgan fingerprint density at radius 3 is 2.58 bits per heavy atom. The molecule has 6 heteroatoms. The summed E-state index contributed by atoms with van der Waals surface area (Å²) >= 11 is 11.8. The number of rotatable bonds is 8. The van der Waals surface area contributed by atoms with Gasteiger partial charge in [-0.3, -0.25) is 0 Å². The second kappa shape index (κ2) is 8.56. The summed E-state index contributed by atoms with van der Waals surface area (Å²) in [6.07, 6.45) is 2.23. The Morgan fingerprint density at radius 2 is 1.95 bits per heavy atom. The van der Waals surface area contributed by atoms with E-state index >= 15 is 0 Å². The van der Waals surface area contributed by atoms with Crippen molar-refractivity contribution >= 4 is 28.9 Å². The number of halogens is 2. The highest BCUT2D eigenvalue weighted by molar-refractivity contribution is 6.33. The van der Waals surface area contributed by atoms with Gasteiger partial charge in [-0.2, -0.15) is 0 Å². The first-order valence-corrected chi connectivity index (χ1v) is 7.50. The fraction of sp³-hybridized carbons (Fsp3) is 0.692. The molecule has 1 unspecified atom stereocenters. The molecule has 19 heavy (non-hydrogen) atoms. The van der Waals surface area contributed by atoms with Crippen LogP contribution in [-0.2, 0) is 0 Å². The maximum Gasteiger partial charge on any atom is 0.174 e. The zero-order chi connectivity index (χ0) is 14.3. The minimum atomic E-state index is 0.327. The van der Waals surface area contributed by atoms with Gasteiger partial charge in [-0.25, -0.2) is 0 Å². The third kappa shape index (κ3) is 5.93. The van der Waals surface area contributed by atoms with Crippen LogP contribution in [0, 0.1) is 0 Å². The van der Waals surface area contributed by atoms with Crippen molar-refractivity contribution in [2.75, 3.05) is 25.0 Å². The van der Waals surface area contributed by atoms with E-state index in [0.717, 1.165) is 38.2 Å². The Labute approximate surface area is 125 Å². The van der Waals surface area contributed by atoms with Crippen LogP contribution in [0.15, 0.2) is 6.07 Å². The van der Waals surface area contributed by atoms with Crippen molar-refractivity contribution in [2.24, 2.45) is 0 Å². The van der Waals surface area contributed by atoms with E-state index in [1.807, 2.05) is 0 Å². The Morgan fingerprint density at radius 1 is 1.26 bits per heavy atom. The second-order valence-electron chi connectivity index (χ2n) is 4.59. The minimum absolute atomic E-state index is 0.327. The largest absolute Gasteiger partial charge is 0.380 e. The molecule has 1 aromatic rings. The maximum atomic E-state index is 5.97. The van der Waals surface area contributed by atoms with E-state index in [4.69, 9.17) is 23.2 Å². The topological polar surface area (TPSA) is 41.0 Å². The molecule has 0 aromatic carbocycles. The summed E-state index contributed by atoms with van der Waals surface area (Å²) in [5, 5.41) is 11.5. The van der Waals surface area contributed by atoms with E-state index in [-0.39, 0.29) is 0 Å². The molecular formula is C13H22Cl2N4. The third-order valence-corrected chi connectivity index (χ3v) is 3.59. The summed E-state index contributed by atoms with van der Waals surface area (Å²) in [6, 6.07) is 2.03. The van der Waals surface area contributed by atoms with E-state index in [1.54, 1.807) is 6.07 Å². The number of nitrogens with one attached hydrogen (secondary N) is 1. The SMILES string of the molecule is CCN(CC)CCCC(C)Nc1cc(Cl)nnc1Cl. The van der Waals surface area contributed by atoms with Crippen LogP contribution in [0.4, 0.5) is 5.69 Å². The lowest BCUT2D eigenvalue weighted by molar-refractivity contribution is 0.295. The Hall–Kier alpha value is -0.580. The summed E-state index contributed by atoms with van der Waals surface area (Å²) in [4.78, 5) is 2.42. The lowest BCUT2D eigenvalue weighted by atomic mass is 10.1. The maximum absolute atomic E-state index is 5.97. The Bertz CT molecular complexity index is 383. The lowest BCUT2D eigenvalue weighted by Gasteiger charge is -2.20. The van der Waals surface area contributed by atoms with Crippen molar-refractivity contribution in [2.45, 2.75) is 39.7 Å². The predicted octanol–water partition coefficient (Wildman–Crippen LogP) is 3.71. The third-order valence-electron chi connectivity index (χ3n) is 3.13. The normalized spacial score (nSPS) is 12.7. The van der Waals surface area contributed by atoms with E-state index in [1.165, 1.54) is 0 Å². The standard InChI is InChI=1S/C13H22Cl2N4/c1-4-19(5-2)8-6-7-10(3)16-11-9-12(14)17-18-13(11)15/h9-10H,4-8H2,1-3H3,(H,16,17). The molecule has 1 atom stereocenters. The molecule has 1 heterocycles. The smallest absolute Gasteiger partial charge is 0.174 e. The van der Waals surface area contributed by atoms with Crippen molar-refractivity contribution in [1.29, 1.82) is 0 Å². The van der Waals surface area contributed by atoms with Gasteiger partial charge in [0.2, 0.25) is 0 Å². The van der Waals surface area contributed by atoms with Gasteiger partial charge >= 0.3 is 0 Å². The first-order valence-electron chi connectivity index (χ1n) is 6.74. The summed E-state index contributed by atoms with van der Waals surface area (Å²) in [6.45, 7) is 9.85. The summed E-state index contributed by atoms with van der Waals surface area (Å²) in [5.74, 6) is 0. The van der Waals surface area contributed by atoms with Crippen LogP contribution in [0.3, 0.4) is 0 Å². The van der Waals surface area contributed by atoms with Gasteiger partial charge in [0.15, 0.2) is 10.3 Å². The van der Waals surface area contributed by atoms with Gasteiger partial charge in [-0.05, 0) is 39.4 Å². The average Bonchev–Trinajstić information content (AvgIpc) is 2.39. The number of hydrogen-bond donors (Lipinski definition) is 1. The average molecular weight is 305 g/mol. The molecule has 0 aliphatic heterocycles. The number of anilines is 1. The predicted molar refractivity (Wildman–Crippen MR) is 82.2 cm³/mol. The summed E-state index contributed by atoms with van der Waals surface area (Å²) < 4.78 is 0. The molecule has 0 aliphatic rings. The van der Waals surface area contributed by atoms with Gasteiger partial charge < -0.3 is 10.2 Å². The summed E-state index contributed by atoms with van der Waals surface area (Å²) in [7, 11) is 0. The van der Waals surface area contributed by atoms with E-state index in [9.17, 15) is 0 Å². The zero-order valence-electron chi connectivity index (χ0n) is 11.8. The van der Waals surface area contributed by atoms with Crippen molar-refractivity contribution in [3.63, 3.8) is 0 Å². The van der Waals surface area contributed by atoms with Crippen molar-refractivity contribution < 1.29 is 0 Å². The minimum Gasteiger partial charge on any atom is -0.380 e. The fourth-order valence-electron chi connectivity index (χ4n) is 1.95. The highest BCUT2D eigenvalue weighted by Gasteiger charge is 2.08. The molecule has 0 aliphatic carbocycles. The first kappa shape index (κ1) is 16.5. The second-order valence-corrected chi connectivity index (χ2v) is 5.33. The highest BCUT2D eigenvalue weighted by atomic mass is 35.5. The van der Waals surface area contributed by atoms with Crippen LogP contribution in [0.25, 0.3) is 0 Å². The zero-order valence-corrected chi connectivity index (χ0v) is 13.3. The van der Waals surface area contributed by atoms with Crippen LogP contribution in [0.5, 0.6) is 0 Å². The van der Waals surface area contributed by atoms with Crippen molar-refractivity contribution in [3.05, 3.63) is 16.4 Å². The lowest BCUT2D eigenvalue weighted by Crippen LogP contribution is -2.25.